The first-order chi connectivity index (χ1) is 9.69. The van der Waals surface area contributed by atoms with Crippen LogP contribution in [0.3, 0.4) is 0 Å². The highest BCUT2D eigenvalue weighted by molar-refractivity contribution is 5.91. The van der Waals surface area contributed by atoms with Crippen LogP contribution in [0.4, 0.5) is 0 Å². The number of ether oxygens (including phenoxy) is 1. The zero-order chi connectivity index (χ0) is 14.4. The van der Waals surface area contributed by atoms with Crippen molar-refractivity contribution in [3.8, 4) is 18.1 Å². The predicted molar refractivity (Wildman–Crippen MR) is 79.7 cm³/mol. The molecule has 0 aromatic heterocycles. The number of terminal acetylenes is 1. The first-order valence-corrected chi connectivity index (χ1v) is 6.50. The molecule has 0 radical (unpaired) electrons. The summed E-state index contributed by atoms with van der Waals surface area (Å²) in [6, 6.07) is 14.7. The molecule has 0 N–H and O–H groups in total. The van der Waals surface area contributed by atoms with Gasteiger partial charge in [-0.1, -0.05) is 29.8 Å². The summed E-state index contributed by atoms with van der Waals surface area (Å²) in [7, 11) is 0. The molecule has 100 valence electrons. The Morgan fingerprint density at radius 2 is 1.75 bits per heavy atom. The quantitative estimate of drug-likeness (QED) is 0.477. The normalized spacial score (nSPS) is 9.80. The van der Waals surface area contributed by atoms with Gasteiger partial charge >= 0.3 is 5.97 Å². The van der Waals surface area contributed by atoms with Gasteiger partial charge in [-0.05, 0) is 43.2 Å². The van der Waals surface area contributed by atoms with Gasteiger partial charge in [0.2, 0.25) is 0 Å². The van der Waals surface area contributed by atoms with Crippen molar-refractivity contribution in [2.75, 3.05) is 0 Å². The fraction of sp³-hybridized carbons (Fsp3) is 0.167. The summed E-state index contributed by atoms with van der Waals surface area (Å²) in [6.07, 6.45) is 6.77. The van der Waals surface area contributed by atoms with Gasteiger partial charge in [0.15, 0.2) is 0 Å². The Bertz CT molecular complexity index is 616. The second-order valence-corrected chi connectivity index (χ2v) is 4.60. The van der Waals surface area contributed by atoms with E-state index in [1.807, 2.05) is 31.2 Å². The Balaban J connectivity index is 2.01. The van der Waals surface area contributed by atoms with Crippen molar-refractivity contribution in [3.05, 3.63) is 65.2 Å². The average Bonchev–Trinajstić information content (AvgIpc) is 2.47. The van der Waals surface area contributed by atoms with Crippen molar-refractivity contribution in [2.24, 2.45) is 0 Å². The van der Waals surface area contributed by atoms with Crippen molar-refractivity contribution in [1.82, 2.24) is 0 Å². The zero-order valence-corrected chi connectivity index (χ0v) is 11.4. The maximum Gasteiger partial charge on any atom is 0.343 e. The van der Waals surface area contributed by atoms with Crippen molar-refractivity contribution >= 4 is 5.97 Å². The molecule has 0 fully saturated rings. The van der Waals surface area contributed by atoms with E-state index in [4.69, 9.17) is 11.2 Å². The van der Waals surface area contributed by atoms with E-state index in [0.717, 1.165) is 17.5 Å². The maximum absolute atomic E-state index is 11.9. The van der Waals surface area contributed by atoms with E-state index >= 15 is 0 Å². The van der Waals surface area contributed by atoms with Crippen LogP contribution in [0.1, 0.15) is 27.9 Å². The second-order valence-electron chi connectivity index (χ2n) is 4.60. The molecule has 2 aromatic rings. The molecule has 0 spiro atoms. The first kappa shape index (κ1) is 13.9. The first-order valence-electron chi connectivity index (χ1n) is 6.50. The molecular formula is C18H16O2. The fourth-order valence-corrected chi connectivity index (χ4v) is 1.80. The largest absolute Gasteiger partial charge is 0.423 e. The summed E-state index contributed by atoms with van der Waals surface area (Å²) >= 11 is 0. The molecule has 0 unspecified atom stereocenters. The van der Waals surface area contributed by atoms with Crippen LogP contribution >= 0.6 is 0 Å². The second kappa shape index (κ2) is 6.58. The highest BCUT2D eigenvalue weighted by Gasteiger charge is 2.07. The van der Waals surface area contributed by atoms with Gasteiger partial charge in [-0.3, -0.25) is 0 Å². The summed E-state index contributed by atoms with van der Waals surface area (Å²) in [5.41, 5.74) is 2.80. The number of hydrogen-bond donors (Lipinski definition) is 0. The van der Waals surface area contributed by atoms with Crippen molar-refractivity contribution < 1.29 is 9.53 Å². The van der Waals surface area contributed by atoms with Crippen LogP contribution in [0.2, 0.25) is 0 Å². The van der Waals surface area contributed by atoms with E-state index in [1.54, 1.807) is 24.3 Å². The van der Waals surface area contributed by atoms with Crippen LogP contribution in [-0.4, -0.2) is 5.97 Å². The molecule has 2 aromatic carbocycles. The molecule has 0 amide bonds. The van der Waals surface area contributed by atoms with Crippen molar-refractivity contribution in [3.63, 3.8) is 0 Å². The molecule has 0 heterocycles. The Labute approximate surface area is 119 Å². The number of aryl methyl sites for hydroxylation is 2. The lowest BCUT2D eigenvalue weighted by atomic mass is 10.1. The van der Waals surface area contributed by atoms with E-state index in [9.17, 15) is 4.79 Å². The van der Waals surface area contributed by atoms with Crippen LogP contribution in [-0.2, 0) is 6.42 Å². The van der Waals surface area contributed by atoms with E-state index in [-0.39, 0.29) is 5.97 Å². The fourth-order valence-electron chi connectivity index (χ4n) is 1.80. The number of carbonyl (C=O) groups excluding carboxylic acids is 1. The molecule has 20 heavy (non-hydrogen) atoms. The lowest BCUT2D eigenvalue weighted by Crippen LogP contribution is -2.08. The minimum atomic E-state index is -0.346. The van der Waals surface area contributed by atoms with Gasteiger partial charge in [0.1, 0.15) is 5.75 Å². The topological polar surface area (TPSA) is 26.3 Å². The van der Waals surface area contributed by atoms with Crippen LogP contribution in [0, 0.1) is 19.3 Å². The monoisotopic (exact) mass is 264 g/mol. The molecule has 2 heteroatoms. The maximum atomic E-state index is 11.9. The van der Waals surface area contributed by atoms with Gasteiger partial charge < -0.3 is 4.74 Å². The summed E-state index contributed by atoms with van der Waals surface area (Å²) in [5.74, 6) is 2.80. The number of hydrogen-bond acceptors (Lipinski definition) is 2. The van der Waals surface area contributed by atoms with E-state index in [1.165, 1.54) is 0 Å². The molecule has 2 rings (SSSR count). The minimum Gasteiger partial charge on any atom is -0.423 e. The molecule has 0 aliphatic rings. The third kappa shape index (κ3) is 3.73. The minimum absolute atomic E-state index is 0.346. The van der Waals surface area contributed by atoms with E-state index in [0.29, 0.717) is 17.7 Å². The number of esters is 1. The average molecular weight is 264 g/mol. The molecule has 0 saturated heterocycles. The Hall–Kier alpha value is -2.53. The van der Waals surface area contributed by atoms with Gasteiger partial charge in [0.05, 0.1) is 5.56 Å². The standard InChI is InChI=1S/C18H16O2/c1-3-4-5-15-8-12-17(13-9-15)20-18(19)16-10-6-14(2)7-11-16/h1,6-13H,4-5H2,2H3. The number of carbonyl (C=O) groups is 1. The zero-order valence-electron chi connectivity index (χ0n) is 11.4. The summed E-state index contributed by atoms with van der Waals surface area (Å²) in [4.78, 5) is 11.9. The number of rotatable bonds is 4. The summed E-state index contributed by atoms with van der Waals surface area (Å²) < 4.78 is 5.32. The Kier molecular flexibility index (Phi) is 4.57. The molecule has 2 nitrogen and oxygen atoms in total. The molecule has 0 aliphatic heterocycles. The summed E-state index contributed by atoms with van der Waals surface area (Å²) in [5, 5.41) is 0. The molecular weight excluding hydrogens is 248 g/mol. The molecule has 0 saturated carbocycles. The lowest BCUT2D eigenvalue weighted by molar-refractivity contribution is 0.0734. The number of benzene rings is 2. The van der Waals surface area contributed by atoms with Gasteiger partial charge in [-0.25, -0.2) is 4.79 Å². The van der Waals surface area contributed by atoms with Crippen molar-refractivity contribution in [2.45, 2.75) is 19.8 Å². The molecule has 0 bridgehead atoms. The summed E-state index contributed by atoms with van der Waals surface area (Å²) in [6.45, 7) is 1.98. The molecule has 0 aliphatic carbocycles. The van der Waals surface area contributed by atoms with E-state index in [2.05, 4.69) is 5.92 Å². The van der Waals surface area contributed by atoms with Crippen LogP contribution < -0.4 is 4.74 Å². The highest BCUT2D eigenvalue weighted by atomic mass is 16.5. The highest BCUT2D eigenvalue weighted by Crippen LogP contribution is 2.15. The van der Waals surface area contributed by atoms with Gasteiger partial charge in [-0.2, -0.15) is 0 Å². The van der Waals surface area contributed by atoms with Crippen LogP contribution in [0.5, 0.6) is 5.75 Å². The molecule has 0 atom stereocenters. The lowest BCUT2D eigenvalue weighted by Gasteiger charge is -2.05. The van der Waals surface area contributed by atoms with Crippen LogP contribution in [0.15, 0.2) is 48.5 Å². The SMILES string of the molecule is C#CCCc1ccc(OC(=O)c2ccc(C)cc2)cc1. The Morgan fingerprint density at radius 3 is 2.35 bits per heavy atom. The third-order valence-electron chi connectivity index (χ3n) is 2.98. The van der Waals surface area contributed by atoms with E-state index < -0.39 is 0 Å². The Morgan fingerprint density at radius 1 is 1.10 bits per heavy atom. The van der Waals surface area contributed by atoms with Crippen LogP contribution in [0.25, 0.3) is 0 Å². The third-order valence-corrected chi connectivity index (χ3v) is 2.98. The van der Waals surface area contributed by atoms with Gasteiger partial charge in [-0.15, -0.1) is 12.3 Å². The smallest absolute Gasteiger partial charge is 0.343 e. The van der Waals surface area contributed by atoms with Gasteiger partial charge in [0.25, 0.3) is 0 Å². The predicted octanol–water partition coefficient (Wildman–Crippen LogP) is 3.78. The van der Waals surface area contributed by atoms with Crippen molar-refractivity contribution in [1.29, 1.82) is 0 Å². The van der Waals surface area contributed by atoms with Gasteiger partial charge in [0, 0.05) is 6.42 Å².